The third kappa shape index (κ3) is 3.29. The van der Waals surface area contributed by atoms with E-state index in [4.69, 9.17) is 0 Å². The van der Waals surface area contributed by atoms with Gasteiger partial charge in [-0.1, -0.05) is 38.1 Å². The van der Waals surface area contributed by atoms with Crippen molar-refractivity contribution in [3.63, 3.8) is 0 Å². The van der Waals surface area contributed by atoms with Gasteiger partial charge < -0.3 is 5.32 Å². The van der Waals surface area contributed by atoms with E-state index in [0.29, 0.717) is 5.92 Å². The van der Waals surface area contributed by atoms with Gasteiger partial charge in [-0.15, -0.1) is 0 Å². The number of benzene rings is 1. The molecule has 1 nitrogen and oxygen atoms in total. The highest BCUT2D eigenvalue weighted by Gasteiger charge is 2.25. The van der Waals surface area contributed by atoms with Gasteiger partial charge in [0.05, 0.1) is 0 Å². The number of alkyl halides is 1. The van der Waals surface area contributed by atoms with E-state index in [2.05, 4.69) is 25.2 Å². The van der Waals surface area contributed by atoms with Crippen LogP contribution in [0.4, 0.5) is 4.39 Å². The highest BCUT2D eigenvalue weighted by Crippen LogP contribution is 2.27. The van der Waals surface area contributed by atoms with Crippen molar-refractivity contribution in [3.05, 3.63) is 35.4 Å². The molecule has 1 aromatic rings. The number of rotatable bonds is 4. The zero-order valence-electron chi connectivity index (χ0n) is 10.7. The number of nitrogens with one attached hydrogen (secondary N) is 1. The zero-order valence-corrected chi connectivity index (χ0v) is 10.7. The summed E-state index contributed by atoms with van der Waals surface area (Å²) in [6.07, 6.45) is 2.22. The normalized spacial score (nSPS) is 22.0. The average Bonchev–Trinajstić information content (AvgIpc) is 2.81. The first-order valence-corrected chi connectivity index (χ1v) is 6.63. The maximum absolute atomic E-state index is 14.3. The number of halogens is 1. The summed E-state index contributed by atoms with van der Waals surface area (Å²) >= 11 is 0. The van der Waals surface area contributed by atoms with Gasteiger partial charge in [0.1, 0.15) is 6.17 Å². The van der Waals surface area contributed by atoms with Crippen LogP contribution in [0.25, 0.3) is 0 Å². The first kappa shape index (κ1) is 12.6. The Bertz CT molecular complexity index is 356. The van der Waals surface area contributed by atoms with Crippen molar-refractivity contribution in [1.82, 2.24) is 5.32 Å². The van der Waals surface area contributed by atoms with E-state index in [-0.39, 0.29) is 6.04 Å². The van der Waals surface area contributed by atoms with E-state index in [1.165, 1.54) is 5.56 Å². The van der Waals surface area contributed by atoms with E-state index in [0.717, 1.165) is 31.4 Å². The molecule has 1 heterocycles. The first-order valence-electron chi connectivity index (χ1n) is 6.63. The second-order valence-electron chi connectivity index (χ2n) is 5.45. The molecule has 17 heavy (non-hydrogen) atoms. The van der Waals surface area contributed by atoms with Gasteiger partial charge in [-0.05, 0) is 42.9 Å². The van der Waals surface area contributed by atoms with Crippen LogP contribution in [0.5, 0.6) is 0 Å². The van der Waals surface area contributed by atoms with Crippen molar-refractivity contribution in [3.8, 4) is 0 Å². The van der Waals surface area contributed by atoms with Crippen LogP contribution in [0.15, 0.2) is 24.3 Å². The van der Waals surface area contributed by atoms with Crippen LogP contribution in [0, 0.1) is 5.92 Å². The molecule has 2 rings (SSSR count). The minimum Gasteiger partial charge on any atom is -0.311 e. The summed E-state index contributed by atoms with van der Waals surface area (Å²) in [4.78, 5) is 0. The molecule has 2 atom stereocenters. The van der Waals surface area contributed by atoms with Gasteiger partial charge in [0.25, 0.3) is 0 Å². The van der Waals surface area contributed by atoms with Gasteiger partial charge in [0, 0.05) is 6.04 Å². The van der Waals surface area contributed by atoms with Crippen LogP contribution in [-0.2, 0) is 6.42 Å². The van der Waals surface area contributed by atoms with Gasteiger partial charge in [0.15, 0.2) is 0 Å². The molecule has 94 valence electrons. The highest BCUT2D eigenvalue weighted by atomic mass is 19.1. The maximum atomic E-state index is 14.3. The quantitative estimate of drug-likeness (QED) is 0.840. The highest BCUT2D eigenvalue weighted by molar-refractivity contribution is 5.26. The molecule has 1 saturated heterocycles. The molecule has 0 bridgehead atoms. The summed E-state index contributed by atoms with van der Waals surface area (Å²) in [6, 6.07) is 8.04. The molecule has 0 saturated carbocycles. The minimum absolute atomic E-state index is 0.0179. The molecule has 1 aliphatic rings. The monoisotopic (exact) mass is 235 g/mol. The Hall–Kier alpha value is -0.890. The summed E-state index contributed by atoms with van der Waals surface area (Å²) in [5, 5.41) is 3.24. The smallest absolute Gasteiger partial charge is 0.140 e. The van der Waals surface area contributed by atoms with Crippen LogP contribution >= 0.6 is 0 Å². The summed E-state index contributed by atoms with van der Waals surface area (Å²) < 4.78 is 14.3. The fraction of sp³-hybridized carbons (Fsp3) is 0.600. The molecule has 0 aliphatic carbocycles. The van der Waals surface area contributed by atoms with Crippen LogP contribution in [0.2, 0.25) is 0 Å². The van der Waals surface area contributed by atoms with E-state index in [9.17, 15) is 4.39 Å². The Morgan fingerprint density at radius 1 is 1.41 bits per heavy atom. The third-order valence-electron chi connectivity index (χ3n) is 3.37. The van der Waals surface area contributed by atoms with Crippen molar-refractivity contribution in [2.75, 3.05) is 6.54 Å². The summed E-state index contributed by atoms with van der Waals surface area (Å²) in [6.45, 7) is 5.34. The van der Waals surface area contributed by atoms with E-state index >= 15 is 0 Å². The second-order valence-corrected chi connectivity index (χ2v) is 5.45. The lowest BCUT2D eigenvalue weighted by molar-refractivity contribution is 0.271. The lowest BCUT2D eigenvalue weighted by Gasteiger charge is -2.17. The predicted molar refractivity (Wildman–Crippen MR) is 69.9 cm³/mol. The Balaban J connectivity index is 2.09. The van der Waals surface area contributed by atoms with Crippen LogP contribution in [-0.4, -0.2) is 12.6 Å². The molecular weight excluding hydrogens is 213 g/mol. The summed E-state index contributed by atoms with van der Waals surface area (Å²) in [5.74, 6) is 0.618. The number of hydrogen-bond acceptors (Lipinski definition) is 1. The van der Waals surface area contributed by atoms with Crippen molar-refractivity contribution in [1.29, 1.82) is 0 Å². The molecule has 0 spiro atoms. The van der Waals surface area contributed by atoms with E-state index < -0.39 is 6.17 Å². The number of hydrogen-bond donors (Lipinski definition) is 1. The molecular formula is C15H22FN. The molecule has 1 fully saturated rings. The second kappa shape index (κ2) is 5.63. The van der Waals surface area contributed by atoms with Gasteiger partial charge >= 0.3 is 0 Å². The van der Waals surface area contributed by atoms with Gasteiger partial charge in [-0.3, -0.25) is 0 Å². The van der Waals surface area contributed by atoms with E-state index in [1.807, 2.05) is 18.2 Å². The first-order chi connectivity index (χ1) is 8.16. The van der Waals surface area contributed by atoms with Crippen molar-refractivity contribution in [2.45, 2.75) is 45.3 Å². The fourth-order valence-electron chi connectivity index (χ4n) is 2.56. The minimum atomic E-state index is -0.857. The van der Waals surface area contributed by atoms with Crippen LogP contribution < -0.4 is 5.32 Å². The molecule has 1 N–H and O–H groups in total. The summed E-state index contributed by atoms with van der Waals surface area (Å²) in [7, 11) is 0. The molecule has 1 aliphatic heterocycles. The van der Waals surface area contributed by atoms with Crippen LogP contribution in [0.3, 0.4) is 0 Å². The van der Waals surface area contributed by atoms with Crippen molar-refractivity contribution >= 4 is 0 Å². The third-order valence-corrected chi connectivity index (χ3v) is 3.37. The van der Waals surface area contributed by atoms with Crippen molar-refractivity contribution < 1.29 is 4.39 Å². The Morgan fingerprint density at radius 3 is 2.88 bits per heavy atom. The molecule has 2 heteroatoms. The fourth-order valence-corrected chi connectivity index (χ4v) is 2.56. The molecule has 1 aromatic carbocycles. The SMILES string of the molecule is CC(C)Cc1cccc(C(F)C2CCCN2)c1. The molecule has 0 aromatic heterocycles. The Kier molecular flexibility index (Phi) is 4.16. The van der Waals surface area contributed by atoms with Gasteiger partial charge in [-0.25, -0.2) is 4.39 Å². The standard InChI is InChI=1S/C15H22FN/c1-11(2)9-12-5-3-6-13(10-12)15(16)14-7-4-8-17-14/h3,5-6,10-11,14-15,17H,4,7-9H2,1-2H3. The largest absolute Gasteiger partial charge is 0.311 e. The average molecular weight is 235 g/mol. The topological polar surface area (TPSA) is 12.0 Å². The maximum Gasteiger partial charge on any atom is 0.140 e. The van der Waals surface area contributed by atoms with Crippen LogP contribution in [0.1, 0.15) is 44.0 Å². The predicted octanol–water partition coefficient (Wildman–Crippen LogP) is 3.65. The van der Waals surface area contributed by atoms with Gasteiger partial charge in [-0.2, -0.15) is 0 Å². The summed E-state index contributed by atoms with van der Waals surface area (Å²) in [5.41, 5.74) is 2.08. The van der Waals surface area contributed by atoms with Gasteiger partial charge in [0.2, 0.25) is 0 Å². The van der Waals surface area contributed by atoms with Crippen molar-refractivity contribution in [2.24, 2.45) is 5.92 Å². The van der Waals surface area contributed by atoms with E-state index in [1.54, 1.807) is 0 Å². The lowest BCUT2D eigenvalue weighted by Crippen LogP contribution is -2.26. The Morgan fingerprint density at radius 2 is 2.24 bits per heavy atom. The lowest BCUT2D eigenvalue weighted by atomic mass is 9.97. The molecule has 0 radical (unpaired) electrons. The molecule has 2 unspecified atom stereocenters. The molecule has 0 amide bonds. The zero-order chi connectivity index (χ0) is 12.3. The Labute approximate surface area is 103 Å².